The number of rotatable bonds is 6. The second-order valence-corrected chi connectivity index (χ2v) is 7.04. The smallest absolute Gasteiger partial charge is 0.232 e. The normalized spacial score (nSPS) is 10.4. The van der Waals surface area contributed by atoms with Crippen LogP contribution in [0.4, 0.5) is 5.69 Å². The van der Waals surface area contributed by atoms with Crippen molar-refractivity contribution in [3.63, 3.8) is 0 Å². The highest BCUT2D eigenvalue weighted by Crippen LogP contribution is 2.27. The van der Waals surface area contributed by atoms with Crippen molar-refractivity contribution in [3.8, 4) is 22.3 Å². The first-order valence-electron chi connectivity index (χ1n) is 9.83. The highest BCUT2D eigenvalue weighted by Gasteiger charge is 2.11. The van der Waals surface area contributed by atoms with Crippen molar-refractivity contribution < 1.29 is 9.59 Å². The Kier molecular flexibility index (Phi) is 5.81. The van der Waals surface area contributed by atoms with Gasteiger partial charge in [-0.05, 0) is 40.5 Å². The highest BCUT2D eigenvalue weighted by atomic mass is 16.2. The summed E-state index contributed by atoms with van der Waals surface area (Å²) >= 11 is 0. The molecule has 0 aliphatic carbocycles. The fourth-order valence-electron chi connectivity index (χ4n) is 3.33. The zero-order valence-electron chi connectivity index (χ0n) is 16.4. The summed E-state index contributed by atoms with van der Waals surface area (Å²) < 4.78 is 0. The van der Waals surface area contributed by atoms with Gasteiger partial charge < -0.3 is 5.32 Å². The van der Waals surface area contributed by atoms with Gasteiger partial charge in [-0.15, -0.1) is 0 Å². The van der Waals surface area contributed by atoms with E-state index in [0.717, 1.165) is 16.7 Å². The van der Waals surface area contributed by atoms with E-state index in [9.17, 15) is 9.59 Å². The predicted octanol–water partition coefficient (Wildman–Crippen LogP) is 6.23. The van der Waals surface area contributed by atoms with E-state index in [4.69, 9.17) is 0 Å². The summed E-state index contributed by atoms with van der Waals surface area (Å²) in [5.41, 5.74) is 5.71. The van der Waals surface area contributed by atoms with Gasteiger partial charge in [0.15, 0.2) is 5.78 Å². The van der Waals surface area contributed by atoms with E-state index in [1.165, 1.54) is 5.56 Å². The molecule has 4 aromatic carbocycles. The minimum Gasteiger partial charge on any atom is -0.326 e. The van der Waals surface area contributed by atoms with Gasteiger partial charge in [0.05, 0.1) is 6.42 Å². The molecule has 0 bridgehead atoms. The zero-order valence-corrected chi connectivity index (χ0v) is 16.4. The fourth-order valence-corrected chi connectivity index (χ4v) is 3.33. The Morgan fingerprint density at radius 1 is 0.567 bits per heavy atom. The average Bonchev–Trinajstić information content (AvgIpc) is 2.81. The summed E-state index contributed by atoms with van der Waals surface area (Å²) in [6.07, 6.45) is -0.176. The SMILES string of the molecule is O=C(CC(=O)c1ccccc1)Nc1ccc(-c2cccc(-c3ccccc3)c2)cc1. The third-order valence-electron chi connectivity index (χ3n) is 4.89. The Hall–Kier alpha value is -3.98. The molecular weight excluding hydrogens is 370 g/mol. The molecule has 4 rings (SSSR count). The predicted molar refractivity (Wildman–Crippen MR) is 121 cm³/mol. The molecular formula is C27H21NO2. The maximum Gasteiger partial charge on any atom is 0.232 e. The molecule has 1 amide bonds. The lowest BCUT2D eigenvalue weighted by Crippen LogP contribution is -2.16. The molecule has 0 atom stereocenters. The van der Waals surface area contributed by atoms with Crippen LogP contribution in [-0.2, 0) is 4.79 Å². The first-order chi connectivity index (χ1) is 14.7. The van der Waals surface area contributed by atoms with Gasteiger partial charge in [-0.3, -0.25) is 9.59 Å². The van der Waals surface area contributed by atoms with Crippen molar-refractivity contribution in [1.82, 2.24) is 0 Å². The first-order valence-corrected chi connectivity index (χ1v) is 9.83. The van der Waals surface area contributed by atoms with E-state index in [1.807, 2.05) is 54.6 Å². The van der Waals surface area contributed by atoms with Crippen LogP contribution in [0.5, 0.6) is 0 Å². The monoisotopic (exact) mass is 391 g/mol. The summed E-state index contributed by atoms with van der Waals surface area (Å²) in [4.78, 5) is 24.4. The van der Waals surface area contributed by atoms with E-state index in [0.29, 0.717) is 11.3 Å². The third kappa shape index (κ3) is 4.70. The molecule has 1 N–H and O–H groups in total. The minimum absolute atomic E-state index is 0.176. The van der Waals surface area contributed by atoms with Crippen molar-refractivity contribution in [1.29, 1.82) is 0 Å². The standard InChI is InChI=1S/C27H21NO2/c29-26(22-10-5-2-6-11-22)19-27(30)28-25-16-14-21(15-17-25)24-13-7-12-23(18-24)20-8-3-1-4-9-20/h1-18H,19H2,(H,28,30). The zero-order chi connectivity index (χ0) is 20.8. The van der Waals surface area contributed by atoms with Gasteiger partial charge >= 0.3 is 0 Å². The number of hydrogen-bond donors (Lipinski definition) is 1. The summed E-state index contributed by atoms with van der Waals surface area (Å²) in [5, 5.41) is 2.80. The molecule has 0 spiro atoms. The number of anilines is 1. The Labute approximate surface area is 176 Å². The van der Waals surface area contributed by atoms with Crippen LogP contribution in [0.3, 0.4) is 0 Å². The Balaban J connectivity index is 1.43. The lowest BCUT2D eigenvalue weighted by molar-refractivity contribution is -0.115. The Morgan fingerprint density at radius 3 is 1.73 bits per heavy atom. The molecule has 0 saturated heterocycles. The number of benzene rings is 4. The largest absolute Gasteiger partial charge is 0.326 e. The molecule has 0 unspecified atom stereocenters. The number of carbonyl (C=O) groups is 2. The first kappa shape index (κ1) is 19.3. The van der Waals surface area contributed by atoms with Crippen LogP contribution in [0.2, 0.25) is 0 Å². The average molecular weight is 391 g/mol. The second-order valence-electron chi connectivity index (χ2n) is 7.04. The number of ketones is 1. The third-order valence-corrected chi connectivity index (χ3v) is 4.89. The molecule has 0 saturated carbocycles. The van der Waals surface area contributed by atoms with Crippen molar-refractivity contribution in [3.05, 3.63) is 115 Å². The topological polar surface area (TPSA) is 46.2 Å². The van der Waals surface area contributed by atoms with Gasteiger partial charge in [-0.1, -0.05) is 91.0 Å². The van der Waals surface area contributed by atoms with Crippen molar-refractivity contribution >= 4 is 17.4 Å². The van der Waals surface area contributed by atoms with Crippen LogP contribution in [0.25, 0.3) is 22.3 Å². The molecule has 3 nitrogen and oxygen atoms in total. The Bertz CT molecular complexity index is 1150. The number of carbonyl (C=O) groups excluding carboxylic acids is 2. The van der Waals surface area contributed by atoms with Crippen LogP contribution in [0, 0.1) is 0 Å². The molecule has 0 aliphatic rings. The van der Waals surface area contributed by atoms with E-state index >= 15 is 0 Å². The lowest BCUT2D eigenvalue weighted by atomic mass is 9.99. The van der Waals surface area contributed by atoms with Crippen LogP contribution in [0.15, 0.2) is 109 Å². The lowest BCUT2D eigenvalue weighted by Gasteiger charge is -2.08. The fraction of sp³-hybridized carbons (Fsp3) is 0.0370. The van der Waals surface area contributed by atoms with Gasteiger partial charge in [0, 0.05) is 11.3 Å². The number of amides is 1. The summed E-state index contributed by atoms with van der Waals surface area (Å²) in [6, 6.07) is 35.1. The molecule has 0 fully saturated rings. The van der Waals surface area contributed by atoms with Crippen LogP contribution < -0.4 is 5.32 Å². The minimum atomic E-state index is -0.317. The van der Waals surface area contributed by atoms with Crippen molar-refractivity contribution in [2.24, 2.45) is 0 Å². The van der Waals surface area contributed by atoms with Crippen LogP contribution in [0.1, 0.15) is 16.8 Å². The maximum absolute atomic E-state index is 12.2. The molecule has 0 heterocycles. The molecule has 146 valence electrons. The second kappa shape index (κ2) is 9.01. The van der Waals surface area contributed by atoms with Gasteiger partial charge in [0.1, 0.15) is 0 Å². The van der Waals surface area contributed by atoms with Crippen molar-refractivity contribution in [2.45, 2.75) is 6.42 Å². The van der Waals surface area contributed by atoms with E-state index in [1.54, 1.807) is 24.3 Å². The molecule has 0 aromatic heterocycles. The van der Waals surface area contributed by atoms with Crippen LogP contribution in [-0.4, -0.2) is 11.7 Å². The van der Waals surface area contributed by atoms with Gasteiger partial charge in [0.25, 0.3) is 0 Å². The summed E-state index contributed by atoms with van der Waals surface area (Å²) in [5.74, 6) is -0.509. The van der Waals surface area contributed by atoms with E-state index in [-0.39, 0.29) is 18.1 Å². The van der Waals surface area contributed by atoms with E-state index in [2.05, 4.69) is 35.6 Å². The highest BCUT2D eigenvalue weighted by molar-refractivity contribution is 6.11. The number of hydrogen-bond acceptors (Lipinski definition) is 2. The molecule has 30 heavy (non-hydrogen) atoms. The number of Topliss-reactive ketones (excluding diaryl/α,β-unsaturated/α-hetero) is 1. The molecule has 0 radical (unpaired) electrons. The molecule has 4 aromatic rings. The molecule has 0 aliphatic heterocycles. The van der Waals surface area contributed by atoms with Crippen LogP contribution >= 0.6 is 0 Å². The maximum atomic E-state index is 12.2. The molecule has 3 heteroatoms. The van der Waals surface area contributed by atoms with Gasteiger partial charge in [-0.2, -0.15) is 0 Å². The summed E-state index contributed by atoms with van der Waals surface area (Å²) in [7, 11) is 0. The Morgan fingerprint density at radius 2 is 1.10 bits per heavy atom. The van der Waals surface area contributed by atoms with E-state index < -0.39 is 0 Å². The van der Waals surface area contributed by atoms with Gasteiger partial charge in [0.2, 0.25) is 5.91 Å². The quantitative estimate of drug-likeness (QED) is 0.313. The number of nitrogens with one attached hydrogen (secondary N) is 1. The summed E-state index contributed by atoms with van der Waals surface area (Å²) in [6.45, 7) is 0. The van der Waals surface area contributed by atoms with Gasteiger partial charge in [-0.25, -0.2) is 0 Å². The van der Waals surface area contributed by atoms with Crippen molar-refractivity contribution in [2.75, 3.05) is 5.32 Å².